The van der Waals surface area contributed by atoms with Gasteiger partial charge < -0.3 is 9.13 Å². The fraction of sp³-hybridized carbons (Fsp3) is 0.304. The first-order valence-electron chi connectivity index (χ1n) is 10.6. The van der Waals surface area contributed by atoms with Crippen LogP contribution >= 0.6 is 0 Å². The normalized spacial score (nSPS) is 16.0. The third kappa shape index (κ3) is 3.26. The number of hydrogen-bond donors (Lipinski definition) is 1. The van der Waals surface area contributed by atoms with E-state index in [2.05, 4.69) is 68.2 Å². The van der Waals surface area contributed by atoms with Crippen LogP contribution in [0.4, 0.5) is 5.69 Å². The lowest BCUT2D eigenvalue weighted by Gasteiger charge is -2.07. The van der Waals surface area contributed by atoms with Crippen LogP contribution in [0.1, 0.15) is 49.2 Å². The molecule has 2 fully saturated rings. The van der Waals surface area contributed by atoms with Crippen LogP contribution in [0.2, 0.25) is 0 Å². The van der Waals surface area contributed by atoms with Crippen LogP contribution in [-0.4, -0.2) is 24.3 Å². The maximum Gasteiger partial charge on any atom is 0.201 e. The molecular weight excluding hydrogens is 374 g/mol. The number of nitrogens with one attached hydrogen (secondary N) is 1. The molecule has 0 amide bonds. The third-order valence-electron chi connectivity index (χ3n) is 5.88. The highest BCUT2D eigenvalue weighted by Crippen LogP contribution is 2.39. The maximum atomic E-state index is 4.72. The predicted octanol–water partition coefficient (Wildman–Crippen LogP) is 3.81. The summed E-state index contributed by atoms with van der Waals surface area (Å²) in [5.74, 6) is 2.64. The van der Waals surface area contributed by atoms with Crippen molar-refractivity contribution in [2.24, 2.45) is 0 Å². The quantitative estimate of drug-likeness (QED) is 0.502. The summed E-state index contributed by atoms with van der Waals surface area (Å²) in [6, 6.07) is 13.1. The molecule has 2 saturated carbocycles. The number of benzene rings is 1. The van der Waals surface area contributed by atoms with Gasteiger partial charge in [0, 0.05) is 35.9 Å². The van der Waals surface area contributed by atoms with E-state index >= 15 is 0 Å². The van der Waals surface area contributed by atoms with Crippen LogP contribution in [0.5, 0.6) is 0 Å². The Labute approximate surface area is 175 Å². The van der Waals surface area contributed by atoms with Gasteiger partial charge >= 0.3 is 0 Å². The second-order valence-corrected chi connectivity index (χ2v) is 8.31. The molecule has 3 heterocycles. The molecule has 0 radical (unpaired) electrons. The molecule has 4 aromatic rings. The number of imidazole rings is 1. The summed E-state index contributed by atoms with van der Waals surface area (Å²) in [6.07, 6.45) is 13.0. The van der Waals surface area contributed by atoms with Gasteiger partial charge in [-0.25, -0.2) is 4.98 Å². The topological polar surface area (TPSA) is 64.4 Å². The molecule has 7 heteroatoms. The number of pyridine rings is 1. The van der Waals surface area contributed by atoms with Gasteiger partial charge in [0.05, 0.1) is 17.1 Å². The molecule has 2 aliphatic rings. The standard InChI is InChI=1S/C23H24N7/c1-16-25-22(17-5-6-17)14-29(16)21-9-11-28(12-10-21)27-19-4-2-3-18(13-19)23-26-24-15-30(23)20-7-8-20/h2-4,9-15,17,20,27H,5-8H2,1H3/q+1. The second-order valence-electron chi connectivity index (χ2n) is 8.31. The number of hydrogen-bond acceptors (Lipinski definition) is 4. The van der Waals surface area contributed by atoms with E-state index in [1.54, 1.807) is 0 Å². The van der Waals surface area contributed by atoms with E-state index in [-0.39, 0.29) is 0 Å². The summed E-state index contributed by atoms with van der Waals surface area (Å²) < 4.78 is 6.32. The SMILES string of the molecule is Cc1nc(C2CC2)cn1-c1cc[n+](Nc2cccc(-c3nncn3C3CC3)c2)cc1. The van der Waals surface area contributed by atoms with E-state index in [4.69, 9.17) is 4.98 Å². The van der Waals surface area contributed by atoms with Crippen LogP contribution in [0.3, 0.4) is 0 Å². The molecule has 150 valence electrons. The summed E-state index contributed by atoms with van der Waals surface area (Å²) in [5.41, 5.74) is 7.85. The van der Waals surface area contributed by atoms with Crippen molar-refractivity contribution < 1.29 is 4.68 Å². The van der Waals surface area contributed by atoms with E-state index in [1.165, 1.54) is 31.4 Å². The summed E-state index contributed by atoms with van der Waals surface area (Å²) in [4.78, 5) is 4.72. The van der Waals surface area contributed by atoms with E-state index < -0.39 is 0 Å². The number of rotatable bonds is 6. The molecule has 0 bridgehead atoms. The van der Waals surface area contributed by atoms with Gasteiger partial charge in [-0.2, -0.15) is 5.43 Å². The molecule has 1 aromatic carbocycles. The van der Waals surface area contributed by atoms with Crippen molar-refractivity contribution in [1.29, 1.82) is 0 Å². The highest BCUT2D eigenvalue weighted by molar-refractivity contribution is 5.62. The van der Waals surface area contributed by atoms with E-state index in [0.29, 0.717) is 12.0 Å². The Balaban J connectivity index is 1.22. The molecule has 30 heavy (non-hydrogen) atoms. The van der Waals surface area contributed by atoms with Crippen molar-refractivity contribution in [2.45, 2.75) is 44.6 Å². The molecule has 2 aliphatic carbocycles. The minimum Gasteiger partial charge on any atom is -0.310 e. The largest absolute Gasteiger partial charge is 0.310 e. The molecule has 0 saturated heterocycles. The van der Waals surface area contributed by atoms with Crippen LogP contribution in [0, 0.1) is 6.92 Å². The lowest BCUT2D eigenvalue weighted by atomic mass is 10.2. The van der Waals surface area contributed by atoms with E-state index in [0.717, 1.165) is 28.6 Å². The first-order chi connectivity index (χ1) is 14.7. The van der Waals surface area contributed by atoms with Crippen LogP contribution in [-0.2, 0) is 0 Å². The molecule has 3 aromatic heterocycles. The van der Waals surface area contributed by atoms with E-state index in [9.17, 15) is 0 Å². The first-order valence-corrected chi connectivity index (χ1v) is 10.6. The van der Waals surface area contributed by atoms with Crippen molar-refractivity contribution in [2.75, 3.05) is 5.43 Å². The van der Waals surface area contributed by atoms with Gasteiger partial charge in [0.25, 0.3) is 0 Å². The predicted molar refractivity (Wildman–Crippen MR) is 113 cm³/mol. The molecule has 6 rings (SSSR count). The zero-order valence-electron chi connectivity index (χ0n) is 16.9. The smallest absolute Gasteiger partial charge is 0.201 e. The highest BCUT2D eigenvalue weighted by atomic mass is 15.4. The summed E-state index contributed by atoms with van der Waals surface area (Å²) in [6.45, 7) is 2.07. The fourth-order valence-electron chi connectivity index (χ4n) is 3.93. The first kappa shape index (κ1) is 17.4. The average Bonchev–Trinajstić information content (AvgIpc) is 3.70. The Morgan fingerprint density at radius 2 is 1.90 bits per heavy atom. The minimum atomic E-state index is 0.556. The number of anilines is 1. The fourth-order valence-corrected chi connectivity index (χ4v) is 3.93. The maximum absolute atomic E-state index is 4.72. The monoisotopic (exact) mass is 398 g/mol. The van der Waals surface area contributed by atoms with Gasteiger partial charge in [0.2, 0.25) is 12.4 Å². The number of aromatic nitrogens is 6. The minimum absolute atomic E-state index is 0.556. The van der Waals surface area contributed by atoms with Crippen molar-refractivity contribution in [3.63, 3.8) is 0 Å². The second kappa shape index (κ2) is 6.79. The molecule has 0 atom stereocenters. The lowest BCUT2D eigenvalue weighted by molar-refractivity contribution is -0.642. The summed E-state index contributed by atoms with van der Waals surface area (Å²) in [5, 5.41) is 8.45. The van der Waals surface area contributed by atoms with Gasteiger partial charge in [-0.3, -0.25) is 0 Å². The Kier molecular flexibility index (Phi) is 3.94. The summed E-state index contributed by atoms with van der Waals surface area (Å²) in [7, 11) is 0. The zero-order valence-corrected chi connectivity index (χ0v) is 16.9. The van der Waals surface area contributed by atoms with E-state index in [1.807, 2.05) is 29.5 Å². The van der Waals surface area contributed by atoms with Crippen LogP contribution in [0.15, 0.2) is 61.3 Å². The number of aryl methyl sites for hydroxylation is 1. The van der Waals surface area contributed by atoms with Crippen molar-refractivity contribution in [3.05, 3.63) is 72.8 Å². The van der Waals surface area contributed by atoms with Gasteiger partial charge in [0.15, 0.2) is 5.82 Å². The van der Waals surface area contributed by atoms with Gasteiger partial charge in [-0.15, -0.1) is 10.2 Å². The Morgan fingerprint density at radius 3 is 2.67 bits per heavy atom. The van der Waals surface area contributed by atoms with Gasteiger partial charge in [-0.05, 0) is 44.7 Å². The van der Waals surface area contributed by atoms with Gasteiger partial charge in [0.1, 0.15) is 12.2 Å². The lowest BCUT2D eigenvalue weighted by Crippen LogP contribution is -2.41. The zero-order chi connectivity index (χ0) is 20.1. The van der Waals surface area contributed by atoms with Crippen molar-refractivity contribution in [1.82, 2.24) is 24.3 Å². The van der Waals surface area contributed by atoms with Crippen LogP contribution in [0.25, 0.3) is 17.1 Å². The molecular formula is C23H24N7+. The third-order valence-corrected chi connectivity index (χ3v) is 5.88. The molecule has 0 aliphatic heterocycles. The van der Waals surface area contributed by atoms with Crippen molar-refractivity contribution >= 4 is 5.69 Å². The Hall–Kier alpha value is -3.48. The van der Waals surface area contributed by atoms with Crippen LogP contribution < -0.4 is 10.1 Å². The van der Waals surface area contributed by atoms with Gasteiger partial charge in [-0.1, -0.05) is 16.8 Å². The number of nitrogens with zero attached hydrogens (tertiary/aromatic N) is 6. The van der Waals surface area contributed by atoms with Crippen molar-refractivity contribution in [3.8, 4) is 17.1 Å². The molecule has 7 nitrogen and oxygen atoms in total. The molecule has 1 N–H and O–H groups in total. The highest BCUT2D eigenvalue weighted by Gasteiger charge is 2.27. The molecule has 0 spiro atoms. The molecule has 0 unspecified atom stereocenters. The Morgan fingerprint density at radius 1 is 1.07 bits per heavy atom. The Bertz CT molecular complexity index is 1200. The summed E-state index contributed by atoms with van der Waals surface area (Å²) >= 11 is 0. The average molecular weight is 398 g/mol.